The fraction of sp³-hybridized carbons (Fsp3) is 0.280. The number of aromatic nitrogens is 4. The number of halogens is 2. The minimum atomic E-state index is -0.152. The van der Waals surface area contributed by atoms with Crippen molar-refractivity contribution in [3.8, 4) is 0 Å². The molecule has 0 unspecified atom stereocenters. The number of carbonyl (C=O) groups is 1. The van der Waals surface area contributed by atoms with E-state index in [0.29, 0.717) is 34.1 Å². The molecule has 2 fully saturated rings. The average Bonchev–Trinajstić information content (AvgIpc) is 3.76. The maximum Gasteiger partial charge on any atom is 0.229 e. The lowest BCUT2D eigenvalue weighted by Gasteiger charge is -2.08. The highest BCUT2D eigenvalue weighted by Gasteiger charge is 2.45. The van der Waals surface area contributed by atoms with Gasteiger partial charge in [-0.1, -0.05) is 29.3 Å². The molecule has 0 spiro atoms. The maximum atomic E-state index is 12.7. The number of nitrogens with zero attached hydrogens (tertiary/aromatic N) is 4. The average molecular weight is 493 g/mol. The molecule has 3 heterocycles. The monoisotopic (exact) mass is 492 g/mol. The summed E-state index contributed by atoms with van der Waals surface area (Å²) in [6, 6.07) is 11.3. The number of hydrogen-bond acceptors (Lipinski definition) is 5. The number of nitrogens with one attached hydrogen (secondary N) is 2. The standard InChI is InChI=1S/C25H22Cl2N6O/c26-16-4-5-21(27)19(7-16)18-8-20(18)25(34)32-23-9-22(29-13-30-23)28-10-17-12-33-11-15(14-1-2-14)3-6-24(33)31-17/h3-7,9,11-14,18,20H,1-2,8,10H2,(H2,28,29,30,32,34)/t18-,20+/m1/s1. The maximum absolute atomic E-state index is 12.7. The Kier molecular flexibility index (Phi) is 5.38. The Hall–Kier alpha value is -3.16. The van der Waals surface area contributed by atoms with Gasteiger partial charge in [0.05, 0.1) is 12.2 Å². The predicted molar refractivity (Wildman–Crippen MR) is 132 cm³/mol. The molecule has 4 aromatic rings. The number of benzene rings is 1. The molecule has 172 valence electrons. The Labute approximate surface area is 206 Å². The van der Waals surface area contributed by atoms with Crippen LogP contribution in [0.2, 0.25) is 10.0 Å². The number of rotatable bonds is 7. The number of imidazole rings is 1. The van der Waals surface area contributed by atoms with Gasteiger partial charge in [-0.3, -0.25) is 4.79 Å². The molecule has 6 rings (SSSR count). The van der Waals surface area contributed by atoms with Gasteiger partial charge < -0.3 is 15.0 Å². The van der Waals surface area contributed by atoms with Gasteiger partial charge in [0.15, 0.2) is 0 Å². The van der Waals surface area contributed by atoms with E-state index in [9.17, 15) is 4.79 Å². The van der Waals surface area contributed by atoms with Crippen molar-refractivity contribution in [2.75, 3.05) is 10.6 Å². The molecule has 2 aliphatic carbocycles. The van der Waals surface area contributed by atoms with Crippen molar-refractivity contribution >= 4 is 46.4 Å². The minimum absolute atomic E-state index is 0.0705. The van der Waals surface area contributed by atoms with Crippen LogP contribution in [-0.2, 0) is 11.3 Å². The van der Waals surface area contributed by atoms with Gasteiger partial charge in [-0.15, -0.1) is 0 Å². The lowest BCUT2D eigenvalue weighted by atomic mass is 10.1. The van der Waals surface area contributed by atoms with Crippen LogP contribution < -0.4 is 10.6 Å². The van der Waals surface area contributed by atoms with Gasteiger partial charge in [0, 0.05) is 34.4 Å². The lowest BCUT2D eigenvalue weighted by molar-refractivity contribution is -0.117. The van der Waals surface area contributed by atoms with E-state index >= 15 is 0 Å². The molecule has 9 heteroatoms. The van der Waals surface area contributed by atoms with Crippen LogP contribution in [0.1, 0.15) is 47.9 Å². The van der Waals surface area contributed by atoms with E-state index in [1.165, 1.54) is 24.7 Å². The third-order valence-electron chi connectivity index (χ3n) is 6.43. The number of carbonyl (C=O) groups excluding carboxylic acids is 1. The minimum Gasteiger partial charge on any atom is -0.364 e. The fourth-order valence-electron chi connectivity index (χ4n) is 4.35. The highest BCUT2D eigenvalue weighted by Crippen LogP contribution is 2.50. The molecule has 0 bridgehead atoms. The second kappa shape index (κ2) is 8.56. The van der Waals surface area contributed by atoms with Crippen LogP contribution in [0.3, 0.4) is 0 Å². The number of fused-ring (bicyclic) bond motifs is 1. The summed E-state index contributed by atoms with van der Waals surface area (Å²) in [5.41, 5.74) is 4.12. The van der Waals surface area contributed by atoms with Crippen LogP contribution in [0.15, 0.2) is 55.1 Å². The summed E-state index contributed by atoms with van der Waals surface area (Å²) in [4.78, 5) is 25.9. The summed E-state index contributed by atoms with van der Waals surface area (Å²) >= 11 is 12.4. The first-order valence-electron chi connectivity index (χ1n) is 11.3. The summed E-state index contributed by atoms with van der Waals surface area (Å²) in [5, 5.41) is 7.41. The summed E-state index contributed by atoms with van der Waals surface area (Å²) in [6.45, 7) is 0.517. The van der Waals surface area contributed by atoms with E-state index in [4.69, 9.17) is 23.2 Å². The molecule has 1 amide bonds. The third-order valence-corrected chi connectivity index (χ3v) is 7.01. The normalized spacial score (nSPS) is 19.2. The smallest absolute Gasteiger partial charge is 0.229 e. The van der Waals surface area contributed by atoms with Crippen LogP contribution in [0, 0.1) is 5.92 Å². The Bertz CT molecular complexity index is 1400. The zero-order valence-corrected chi connectivity index (χ0v) is 19.7. The first-order chi connectivity index (χ1) is 16.5. The van der Waals surface area contributed by atoms with Crippen LogP contribution >= 0.6 is 23.2 Å². The van der Waals surface area contributed by atoms with Crippen molar-refractivity contribution in [3.05, 3.63) is 82.0 Å². The van der Waals surface area contributed by atoms with E-state index in [0.717, 1.165) is 23.3 Å². The van der Waals surface area contributed by atoms with E-state index in [-0.39, 0.29) is 17.7 Å². The van der Waals surface area contributed by atoms with Crippen molar-refractivity contribution in [3.63, 3.8) is 0 Å². The molecule has 7 nitrogen and oxygen atoms in total. The fourth-order valence-corrected chi connectivity index (χ4v) is 4.79. The molecule has 2 saturated carbocycles. The van der Waals surface area contributed by atoms with Gasteiger partial charge in [0.25, 0.3) is 0 Å². The van der Waals surface area contributed by atoms with Gasteiger partial charge >= 0.3 is 0 Å². The first-order valence-corrected chi connectivity index (χ1v) is 12.1. The molecule has 2 aliphatic rings. The molecule has 0 radical (unpaired) electrons. The molecule has 2 N–H and O–H groups in total. The molecule has 1 aromatic carbocycles. The zero-order valence-electron chi connectivity index (χ0n) is 18.2. The predicted octanol–water partition coefficient (Wildman–Crippen LogP) is 5.66. The van der Waals surface area contributed by atoms with Gasteiger partial charge in [-0.05, 0) is 66.5 Å². The Morgan fingerprint density at radius 2 is 1.91 bits per heavy atom. The van der Waals surface area contributed by atoms with Crippen molar-refractivity contribution < 1.29 is 4.79 Å². The number of anilines is 2. The molecular weight excluding hydrogens is 471 g/mol. The van der Waals surface area contributed by atoms with Gasteiger partial charge in [0.2, 0.25) is 5.91 Å². The van der Waals surface area contributed by atoms with Crippen molar-refractivity contribution in [2.45, 2.75) is 37.6 Å². The van der Waals surface area contributed by atoms with Crippen molar-refractivity contribution in [1.29, 1.82) is 0 Å². The molecule has 34 heavy (non-hydrogen) atoms. The van der Waals surface area contributed by atoms with E-state index in [2.05, 4.69) is 48.3 Å². The highest BCUT2D eigenvalue weighted by molar-refractivity contribution is 6.33. The van der Waals surface area contributed by atoms with Crippen LogP contribution in [0.25, 0.3) is 5.65 Å². The summed E-state index contributed by atoms with van der Waals surface area (Å²) < 4.78 is 2.08. The second-order valence-corrected chi connectivity index (χ2v) is 9.82. The summed E-state index contributed by atoms with van der Waals surface area (Å²) in [6.07, 6.45) is 8.92. The second-order valence-electron chi connectivity index (χ2n) is 8.98. The van der Waals surface area contributed by atoms with Crippen molar-refractivity contribution in [1.82, 2.24) is 19.4 Å². The van der Waals surface area contributed by atoms with E-state index in [1.807, 2.05) is 12.3 Å². The highest BCUT2D eigenvalue weighted by atomic mass is 35.5. The third kappa shape index (κ3) is 4.45. The number of pyridine rings is 1. The molecule has 0 saturated heterocycles. The van der Waals surface area contributed by atoms with Crippen LogP contribution in [0.5, 0.6) is 0 Å². The Morgan fingerprint density at radius 3 is 2.76 bits per heavy atom. The summed E-state index contributed by atoms with van der Waals surface area (Å²) in [5.74, 6) is 1.61. The number of hydrogen-bond donors (Lipinski definition) is 2. The van der Waals surface area contributed by atoms with Crippen LogP contribution in [0.4, 0.5) is 11.6 Å². The molecule has 2 atom stereocenters. The lowest BCUT2D eigenvalue weighted by Crippen LogP contribution is -2.16. The largest absolute Gasteiger partial charge is 0.364 e. The SMILES string of the molecule is O=C(Nc1cc(NCc2cn3cc(C4CC4)ccc3n2)ncn1)[C@H]1C[C@@H]1c1cc(Cl)ccc1Cl. The number of amides is 1. The van der Waals surface area contributed by atoms with Crippen LogP contribution in [-0.4, -0.2) is 25.3 Å². The molecule has 3 aromatic heterocycles. The molecule has 0 aliphatic heterocycles. The Balaban J connectivity index is 1.08. The topological polar surface area (TPSA) is 84.2 Å². The van der Waals surface area contributed by atoms with Gasteiger partial charge in [-0.2, -0.15) is 0 Å². The van der Waals surface area contributed by atoms with E-state index in [1.54, 1.807) is 18.2 Å². The van der Waals surface area contributed by atoms with Gasteiger partial charge in [-0.25, -0.2) is 15.0 Å². The summed E-state index contributed by atoms with van der Waals surface area (Å²) in [7, 11) is 0. The van der Waals surface area contributed by atoms with E-state index < -0.39 is 0 Å². The van der Waals surface area contributed by atoms with Gasteiger partial charge in [0.1, 0.15) is 23.6 Å². The molecular formula is C25H22Cl2N6O. The Morgan fingerprint density at radius 1 is 1.06 bits per heavy atom. The van der Waals surface area contributed by atoms with Crippen molar-refractivity contribution in [2.24, 2.45) is 5.92 Å². The first kappa shape index (κ1) is 21.4. The quantitative estimate of drug-likeness (QED) is 0.347. The zero-order chi connectivity index (χ0) is 23.2.